The van der Waals surface area contributed by atoms with E-state index in [2.05, 4.69) is 18.9 Å². The summed E-state index contributed by atoms with van der Waals surface area (Å²) < 4.78 is 3.76. The Kier molecular flexibility index (Phi) is 3.05. The maximum absolute atomic E-state index is 11.3. The molecule has 21 heavy (non-hydrogen) atoms. The van der Waals surface area contributed by atoms with E-state index in [1.165, 1.54) is 0 Å². The fraction of sp³-hybridized carbons (Fsp3) is 0.250. The van der Waals surface area contributed by atoms with E-state index in [1.54, 1.807) is 6.20 Å². The normalized spacial score (nSPS) is 11.4. The molecule has 108 valence electrons. The van der Waals surface area contributed by atoms with Crippen LogP contribution in [0.1, 0.15) is 30.2 Å². The van der Waals surface area contributed by atoms with Crippen LogP contribution in [0, 0.1) is 0 Å². The molecule has 5 nitrogen and oxygen atoms in total. The van der Waals surface area contributed by atoms with Crippen molar-refractivity contribution in [3.8, 4) is 11.1 Å². The molecule has 1 aromatic carbocycles. The molecule has 5 heteroatoms. The van der Waals surface area contributed by atoms with Gasteiger partial charge in [-0.15, -0.1) is 0 Å². The van der Waals surface area contributed by atoms with Gasteiger partial charge in [-0.05, 0) is 13.8 Å². The Bertz CT molecular complexity index is 827. The number of carboxylic acids is 1. The monoisotopic (exact) mass is 283 g/mol. The topological polar surface area (TPSA) is 60.1 Å². The molecule has 0 aliphatic rings. The molecule has 3 aromatic rings. The number of aromatic carboxylic acids is 1. The van der Waals surface area contributed by atoms with Gasteiger partial charge in [-0.2, -0.15) is 5.10 Å². The van der Waals surface area contributed by atoms with Crippen LogP contribution < -0.4 is 0 Å². The zero-order chi connectivity index (χ0) is 15.1. The van der Waals surface area contributed by atoms with Crippen LogP contribution in [0.2, 0.25) is 0 Å². The first-order chi connectivity index (χ1) is 9.99. The average Bonchev–Trinajstić information content (AvgIpc) is 3.04. The maximum Gasteiger partial charge on any atom is 0.337 e. The fourth-order valence-electron chi connectivity index (χ4n) is 2.63. The third-order valence-electron chi connectivity index (χ3n) is 3.67. The van der Waals surface area contributed by atoms with Crippen LogP contribution >= 0.6 is 0 Å². The number of para-hydroxylation sites is 1. The molecule has 0 saturated heterocycles. The lowest BCUT2D eigenvalue weighted by Crippen LogP contribution is -1.99. The number of fused-ring (bicyclic) bond motifs is 1. The lowest BCUT2D eigenvalue weighted by molar-refractivity contribution is 0.0699. The highest BCUT2D eigenvalue weighted by Crippen LogP contribution is 2.31. The molecule has 0 aliphatic heterocycles. The van der Waals surface area contributed by atoms with Gasteiger partial charge < -0.3 is 9.67 Å². The van der Waals surface area contributed by atoms with E-state index in [9.17, 15) is 9.90 Å². The second kappa shape index (κ2) is 4.77. The van der Waals surface area contributed by atoms with Crippen molar-refractivity contribution in [2.75, 3.05) is 0 Å². The lowest BCUT2D eigenvalue weighted by Gasteiger charge is -2.05. The van der Waals surface area contributed by atoms with E-state index < -0.39 is 5.97 Å². The van der Waals surface area contributed by atoms with E-state index in [-0.39, 0.29) is 0 Å². The van der Waals surface area contributed by atoms with E-state index in [1.807, 2.05) is 46.9 Å². The minimum atomic E-state index is -0.907. The number of hydrogen-bond donors (Lipinski definition) is 1. The molecule has 2 heterocycles. The van der Waals surface area contributed by atoms with Gasteiger partial charge in [-0.3, -0.25) is 4.68 Å². The summed E-state index contributed by atoms with van der Waals surface area (Å²) in [6.45, 7) is 4.14. The molecule has 2 aromatic heterocycles. The Balaban J connectivity index is 2.25. The van der Waals surface area contributed by atoms with Crippen molar-refractivity contribution in [3.63, 3.8) is 0 Å². The second-order valence-electron chi connectivity index (χ2n) is 5.46. The first kappa shape index (κ1) is 13.4. The van der Waals surface area contributed by atoms with Crippen molar-refractivity contribution in [3.05, 3.63) is 42.4 Å². The lowest BCUT2D eigenvalue weighted by atomic mass is 10.0. The van der Waals surface area contributed by atoms with Crippen LogP contribution in [-0.2, 0) is 7.05 Å². The fourth-order valence-corrected chi connectivity index (χ4v) is 2.63. The van der Waals surface area contributed by atoms with Gasteiger partial charge in [0.1, 0.15) is 0 Å². The van der Waals surface area contributed by atoms with Gasteiger partial charge in [-0.25, -0.2) is 4.79 Å². The Morgan fingerprint density at radius 3 is 2.67 bits per heavy atom. The Labute approximate surface area is 122 Å². The number of nitrogens with zero attached hydrogens (tertiary/aromatic N) is 3. The van der Waals surface area contributed by atoms with Gasteiger partial charge in [0.2, 0.25) is 0 Å². The minimum Gasteiger partial charge on any atom is -0.478 e. The molecular formula is C16H17N3O2. The van der Waals surface area contributed by atoms with Crippen LogP contribution in [0.15, 0.2) is 36.8 Å². The third-order valence-corrected chi connectivity index (χ3v) is 3.67. The summed E-state index contributed by atoms with van der Waals surface area (Å²) >= 11 is 0. The molecule has 0 amide bonds. The van der Waals surface area contributed by atoms with Crippen molar-refractivity contribution in [1.29, 1.82) is 0 Å². The molecule has 0 bridgehead atoms. The molecular weight excluding hydrogens is 266 g/mol. The van der Waals surface area contributed by atoms with Crippen molar-refractivity contribution < 1.29 is 9.90 Å². The first-order valence-electron chi connectivity index (χ1n) is 6.85. The van der Waals surface area contributed by atoms with Crippen LogP contribution in [-0.4, -0.2) is 25.4 Å². The smallest absolute Gasteiger partial charge is 0.337 e. The van der Waals surface area contributed by atoms with Crippen LogP contribution in [0.5, 0.6) is 0 Å². The van der Waals surface area contributed by atoms with Crippen molar-refractivity contribution in [2.45, 2.75) is 19.9 Å². The molecule has 1 N–H and O–H groups in total. The first-order valence-corrected chi connectivity index (χ1v) is 6.85. The van der Waals surface area contributed by atoms with Crippen LogP contribution in [0.4, 0.5) is 0 Å². The summed E-state index contributed by atoms with van der Waals surface area (Å²) in [5.41, 5.74) is 3.23. The Morgan fingerprint density at radius 1 is 1.29 bits per heavy atom. The van der Waals surface area contributed by atoms with Crippen molar-refractivity contribution in [2.24, 2.45) is 7.05 Å². The van der Waals surface area contributed by atoms with E-state index in [4.69, 9.17) is 0 Å². The number of carbonyl (C=O) groups is 1. The molecule has 0 radical (unpaired) electrons. The number of benzene rings is 1. The van der Waals surface area contributed by atoms with Gasteiger partial charge >= 0.3 is 5.97 Å². The number of aryl methyl sites for hydroxylation is 1. The number of hydrogen-bond acceptors (Lipinski definition) is 2. The summed E-state index contributed by atoms with van der Waals surface area (Å²) in [5, 5.41) is 14.4. The van der Waals surface area contributed by atoms with Gasteiger partial charge in [0, 0.05) is 42.0 Å². The van der Waals surface area contributed by atoms with Crippen molar-refractivity contribution >= 4 is 16.9 Å². The zero-order valence-corrected chi connectivity index (χ0v) is 12.2. The minimum absolute atomic E-state index is 0.293. The average molecular weight is 283 g/mol. The standard InChI is InChI=1S/C16H17N3O2/c1-10(2)19-8-11(7-17-19)12-5-4-6-13-14(16(20)21)9-18(3)15(12)13/h4-10H,1-3H3,(H,20,21). The molecule has 0 spiro atoms. The van der Waals surface area contributed by atoms with E-state index in [0.717, 1.165) is 22.0 Å². The SMILES string of the molecule is CC(C)n1cc(-c2cccc3c(C(=O)O)cn(C)c23)cn1. The van der Waals surface area contributed by atoms with Crippen LogP contribution in [0.25, 0.3) is 22.0 Å². The molecule has 3 rings (SSSR count). The zero-order valence-electron chi connectivity index (χ0n) is 12.2. The Hall–Kier alpha value is -2.56. The van der Waals surface area contributed by atoms with Crippen molar-refractivity contribution in [1.82, 2.24) is 14.3 Å². The van der Waals surface area contributed by atoms with Gasteiger partial charge in [0.15, 0.2) is 0 Å². The second-order valence-corrected chi connectivity index (χ2v) is 5.46. The molecule has 0 saturated carbocycles. The summed E-state index contributed by atoms with van der Waals surface area (Å²) in [4.78, 5) is 11.3. The summed E-state index contributed by atoms with van der Waals surface area (Å²) in [6.07, 6.45) is 5.47. The van der Waals surface area contributed by atoms with Crippen LogP contribution in [0.3, 0.4) is 0 Å². The highest BCUT2D eigenvalue weighted by atomic mass is 16.4. The van der Waals surface area contributed by atoms with E-state index in [0.29, 0.717) is 11.6 Å². The molecule has 0 fully saturated rings. The third kappa shape index (κ3) is 2.11. The maximum atomic E-state index is 11.3. The molecule has 0 unspecified atom stereocenters. The summed E-state index contributed by atoms with van der Waals surface area (Å²) in [5.74, 6) is -0.907. The van der Waals surface area contributed by atoms with Gasteiger partial charge in [-0.1, -0.05) is 18.2 Å². The largest absolute Gasteiger partial charge is 0.478 e. The van der Waals surface area contributed by atoms with Gasteiger partial charge in [0.05, 0.1) is 17.3 Å². The number of carboxylic acid groups (broad SMARTS) is 1. The predicted octanol–water partition coefficient (Wildman–Crippen LogP) is 3.32. The summed E-state index contributed by atoms with van der Waals surface area (Å²) in [7, 11) is 1.87. The quantitative estimate of drug-likeness (QED) is 0.802. The summed E-state index contributed by atoms with van der Waals surface area (Å²) in [6, 6.07) is 6.02. The highest BCUT2D eigenvalue weighted by Gasteiger charge is 2.16. The van der Waals surface area contributed by atoms with E-state index >= 15 is 0 Å². The highest BCUT2D eigenvalue weighted by molar-refractivity contribution is 6.07. The molecule has 0 aliphatic carbocycles. The Morgan fingerprint density at radius 2 is 2.05 bits per heavy atom. The number of aromatic nitrogens is 3. The molecule has 0 atom stereocenters. The number of rotatable bonds is 3. The predicted molar refractivity (Wildman–Crippen MR) is 81.5 cm³/mol. The van der Waals surface area contributed by atoms with Gasteiger partial charge in [0.25, 0.3) is 0 Å².